The Labute approximate surface area is 188 Å². The van der Waals surface area contributed by atoms with Gasteiger partial charge >= 0.3 is 5.97 Å². The Morgan fingerprint density at radius 1 is 0.970 bits per heavy atom. The van der Waals surface area contributed by atoms with Crippen LogP contribution < -0.4 is 19.5 Å². The quantitative estimate of drug-likeness (QED) is 0.421. The number of rotatable bonds is 7. The van der Waals surface area contributed by atoms with E-state index < -0.39 is 17.8 Å². The molecule has 4 rings (SSSR count). The fourth-order valence-corrected chi connectivity index (χ4v) is 3.64. The first-order valence-electron chi connectivity index (χ1n) is 9.80. The van der Waals surface area contributed by atoms with Crippen molar-refractivity contribution in [1.29, 1.82) is 0 Å². The second kappa shape index (κ2) is 8.99. The molecule has 1 N–H and O–H groups in total. The minimum absolute atomic E-state index is 0.0626. The number of tetrazole rings is 1. The molecule has 2 aromatic carbocycles. The van der Waals surface area contributed by atoms with Gasteiger partial charge in [0.1, 0.15) is 17.5 Å². The molecule has 11 heteroatoms. The number of ether oxygens (including phenoxy) is 4. The third-order valence-electron chi connectivity index (χ3n) is 5.21. The summed E-state index contributed by atoms with van der Waals surface area (Å²) in [5, 5.41) is 14.5. The van der Waals surface area contributed by atoms with Crippen molar-refractivity contribution in [3.63, 3.8) is 0 Å². The topological polar surface area (TPSA) is 127 Å². The van der Waals surface area contributed by atoms with Gasteiger partial charge in [-0.05, 0) is 40.3 Å². The predicted molar refractivity (Wildman–Crippen MR) is 115 cm³/mol. The molecule has 11 nitrogen and oxygen atoms in total. The van der Waals surface area contributed by atoms with Crippen LogP contribution in [-0.2, 0) is 9.53 Å². The number of aromatic nitrogens is 4. The highest BCUT2D eigenvalue weighted by Crippen LogP contribution is 2.39. The third kappa shape index (κ3) is 3.84. The average Bonchev–Trinajstić information content (AvgIpc) is 3.34. The molecule has 1 aliphatic heterocycles. The summed E-state index contributed by atoms with van der Waals surface area (Å²) in [5.74, 6) is 0.456. The zero-order valence-corrected chi connectivity index (χ0v) is 18.4. The molecule has 0 spiro atoms. The number of ketones is 1. The lowest BCUT2D eigenvalue weighted by Crippen LogP contribution is -2.33. The first kappa shape index (κ1) is 21.8. The van der Waals surface area contributed by atoms with Crippen molar-refractivity contribution in [2.75, 3.05) is 33.8 Å². The van der Waals surface area contributed by atoms with E-state index in [-0.39, 0.29) is 17.2 Å². The summed E-state index contributed by atoms with van der Waals surface area (Å²) in [6.07, 6.45) is 0. The van der Waals surface area contributed by atoms with Crippen LogP contribution in [0.25, 0.3) is 0 Å². The number of Topliss-reactive ketones (excluding diaryl/α,β-unsaturated/α-hetero) is 1. The van der Waals surface area contributed by atoms with Gasteiger partial charge < -0.3 is 24.3 Å². The average molecular weight is 451 g/mol. The lowest BCUT2D eigenvalue weighted by atomic mass is 9.89. The lowest BCUT2D eigenvalue weighted by molar-refractivity contribution is -0.136. The molecule has 1 aliphatic rings. The van der Waals surface area contributed by atoms with Gasteiger partial charge in [-0.2, -0.15) is 4.68 Å². The molecule has 2 heterocycles. The summed E-state index contributed by atoms with van der Waals surface area (Å²) in [6.45, 7) is 0. The van der Waals surface area contributed by atoms with Crippen LogP contribution in [0.5, 0.6) is 17.2 Å². The van der Waals surface area contributed by atoms with Crippen molar-refractivity contribution >= 4 is 17.7 Å². The van der Waals surface area contributed by atoms with Crippen LogP contribution in [0.15, 0.2) is 53.7 Å². The molecule has 0 saturated heterocycles. The molecule has 0 aliphatic carbocycles. The minimum atomic E-state index is -0.858. The predicted octanol–water partition coefficient (Wildman–Crippen LogP) is 2.02. The van der Waals surface area contributed by atoms with Crippen molar-refractivity contribution in [2.45, 2.75) is 6.04 Å². The summed E-state index contributed by atoms with van der Waals surface area (Å²) in [7, 11) is 5.76. The van der Waals surface area contributed by atoms with Gasteiger partial charge in [0.25, 0.3) is 0 Å². The van der Waals surface area contributed by atoms with Crippen LogP contribution >= 0.6 is 0 Å². The van der Waals surface area contributed by atoms with E-state index in [9.17, 15) is 9.59 Å². The van der Waals surface area contributed by atoms with Crippen molar-refractivity contribution in [3.05, 3.63) is 64.9 Å². The lowest BCUT2D eigenvalue weighted by Gasteiger charge is -2.28. The van der Waals surface area contributed by atoms with Crippen molar-refractivity contribution < 1.29 is 28.5 Å². The number of hydrogen-bond acceptors (Lipinski definition) is 10. The van der Waals surface area contributed by atoms with E-state index in [4.69, 9.17) is 18.9 Å². The van der Waals surface area contributed by atoms with Crippen molar-refractivity contribution in [1.82, 2.24) is 20.2 Å². The maximum absolute atomic E-state index is 13.8. The number of benzene rings is 2. The van der Waals surface area contributed by atoms with Gasteiger partial charge in [-0.1, -0.05) is 23.3 Å². The van der Waals surface area contributed by atoms with Gasteiger partial charge in [0.15, 0.2) is 17.3 Å². The summed E-state index contributed by atoms with van der Waals surface area (Å²) >= 11 is 0. The molecule has 0 saturated carbocycles. The molecule has 0 radical (unpaired) electrons. The monoisotopic (exact) mass is 451 g/mol. The summed E-state index contributed by atoms with van der Waals surface area (Å²) in [4.78, 5) is 26.5. The van der Waals surface area contributed by atoms with Gasteiger partial charge in [0.05, 0.1) is 34.0 Å². The number of nitrogens with zero attached hydrogens (tertiary/aromatic N) is 4. The number of nitrogens with one attached hydrogen (secondary N) is 1. The molecule has 0 bridgehead atoms. The Morgan fingerprint density at radius 3 is 2.45 bits per heavy atom. The zero-order valence-electron chi connectivity index (χ0n) is 18.4. The molecule has 33 heavy (non-hydrogen) atoms. The molecule has 0 fully saturated rings. The van der Waals surface area contributed by atoms with Crippen LogP contribution in [0.2, 0.25) is 0 Å². The number of allylic oxidation sites excluding steroid dienone is 1. The van der Waals surface area contributed by atoms with E-state index in [0.717, 1.165) is 0 Å². The maximum Gasteiger partial charge on any atom is 0.355 e. The molecule has 0 unspecified atom stereocenters. The highest BCUT2D eigenvalue weighted by Gasteiger charge is 2.39. The maximum atomic E-state index is 13.8. The Kier molecular flexibility index (Phi) is 5.94. The van der Waals surface area contributed by atoms with Crippen LogP contribution in [0, 0.1) is 0 Å². The minimum Gasteiger partial charge on any atom is -0.497 e. The zero-order chi connectivity index (χ0) is 23.5. The smallest absolute Gasteiger partial charge is 0.355 e. The number of carbonyl (C=O) groups excluding carboxylic acids is 2. The Balaban J connectivity index is 1.95. The van der Waals surface area contributed by atoms with Gasteiger partial charge in [-0.15, -0.1) is 0 Å². The van der Waals surface area contributed by atoms with E-state index in [1.807, 2.05) is 0 Å². The molecule has 0 amide bonds. The van der Waals surface area contributed by atoms with Crippen LogP contribution in [0.1, 0.15) is 22.0 Å². The van der Waals surface area contributed by atoms with E-state index in [0.29, 0.717) is 28.4 Å². The summed E-state index contributed by atoms with van der Waals surface area (Å²) < 4.78 is 22.4. The first-order chi connectivity index (χ1) is 16.0. The van der Waals surface area contributed by atoms with Gasteiger partial charge in [-0.3, -0.25) is 4.79 Å². The van der Waals surface area contributed by atoms with E-state index in [1.54, 1.807) is 42.5 Å². The van der Waals surface area contributed by atoms with Crippen LogP contribution in [-0.4, -0.2) is 60.4 Å². The standard InChI is InChI=1S/C22H21N5O6/c1-30-14-7-5-6-13(10-14)20(28)17-18(21(29)33-4)23-22-24-25-26-27(22)19(17)12-8-9-15(31-2)16(11-12)32-3/h5-11,19H,1-4H3,(H,23,24,26)/t19-/m0/s1. The molecule has 3 aromatic rings. The van der Waals surface area contributed by atoms with Crippen LogP contribution in [0.4, 0.5) is 5.95 Å². The Morgan fingerprint density at radius 2 is 1.76 bits per heavy atom. The fourth-order valence-electron chi connectivity index (χ4n) is 3.64. The number of esters is 1. The molecule has 1 atom stereocenters. The molecular formula is C22H21N5O6. The SMILES string of the molecule is COC(=O)C1=C(C(=O)c2cccc(OC)c2)[C@H](c2ccc(OC)c(OC)c2)n2nnnc2N1. The van der Waals surface area contributed by atoms with E-state index in [1.165, 1.54) is 33.1 Å². The molecule has 1 aromatic heterocycles. The second-order valence-electron chi connectivity index (χ2n) is 6.93. The van der Waals surface area contributed by atoms with Gasteiger partial charge in [0, 0.05) is 5.56 Å². The number of carbonyl (C=O) groups is 2. The van der Waals surface area contributed by atoms with Crippen LogP contribution in [0.3, 0.4) is 0 Å². The summed E-state index contributed by atoms with van der Waals surface area (Å²) in [6, 6.07) is 10.9. The largest absolute Gasteiger partial charge is 0.497 e. The van der Waals surface area contributed by atoms with Gasteiger partial charge in [-0.25, -0.2) is 4.79 Å². The number of fused-ring (bicyclic) bond motifs is 1. The third-order valence-corrected chi connectivity index (χ3v) is 5.21. The summed E-state index contributed by atoms with van der Waals surface area (Å²) in [5.41, 5.74) is 0.944. The number of hydrogen-bond donors (Lipinski definition) is 1. The normalized spacial score (nSPS) is 14.7. The molecular weight excluding hydrogens is 430 g/mol. The Bertz CT molecular complexity index is 1250. The van der Waals surface area contributed by atoms with Crippen molar-refractivity contribution in [2.24, 2.45) is 0 Å². The van der Waals surface area contributed by atoms with E-state index in [2.05, 4.69) is 20.8 Å². The first-order valence-corrected chi connectivity index (χ1v) is 9.80. The number of methoxy groups -OCH3 is 4. The highest BCUT2D eigenvalue weighted by molar-refractivity contribution is 6.15. The highest BCUT2D eigenvalue weighted by atomic mass is 16.5. The number of anilines is 1. The Hall–Kier alpha value is -4.41. The van der Waals surface area contributed by atoms with Gasteiger partial charge in [0.2, 0.25) is 5.95 Å². The molecule has 170 valence electrons. The van der Waals surface area contributed by atoms with Crippen molar-refractivity contribution in [3.8, 4) is 17.2 Å². The van der Waals surface area contributed by atoms with E-state index >= 15 is 0 Å². The second-order valence-corrected chi connectivity index (χ2v) is 6.93. The fraction of sp³-hybridized carbons (Fsp3) is 0.227.